The van der Waals surface area contributed by atoms with Gasteiger partial charge in [0, 0.05) is 18.8 Å². The molecule has 1 aromatic carbocycles. The predicted molar refractivity (Wildman–Crippen MR) is 78.8 cm³/mol. The monoisotopic (exact) mass is 264 g/mol. The van der Waals surface area contributed by atoms with Crippen molar-refractivity contribution in [2.45, 2.75) is 18.9 Å². The van der Waals surface area contributed by atoms with Gasteiger partial charge in [0.1, 0.15) is 5.82 Å². The Balaban J connectivity index is 1.72. The van der Waals surface area contributed by atoms with Gasteiger partial charge in [-0.05, 0) is 24.5 Å². The van der Waals surface area contributed by atoms with E-state index in [0.29, 0.717) is 6.04 Å². The molecule has 3 heterocycles. The standard InChI is InChI=1S/C16H16N4/c1-2-5-13(6-3-1)14-7-4-11-19(14)15-9-12-20-16(18-15)8-10-17-20/h1-3,5-6,8-10,12,14H,4,7,11H2. The average Bonchev–Trinajstić information content (AvgIpc) is 3.16. The molecule has 4 rings (SSSR count). The van der Waals surface area contributed by atoms with E-state index in [4.69, 9.17) is 4.98 Å². The van der Waals surface area contributed by atoms with Gasteiger partial charge >= 0.3 is 0 Å². The summed E-state index contributed by atoms with van der Waals surface area (Å²) in [6.45, 7) is 1.07. The highest BCUT2D eigenvalue weighted by Crippen LogP contribution is 2.34. The Morgan fingerprint density at radius 1 is 1.05 bits per heavy atom. The molecule has 0 spiro atoms. The zero-order valence-corrected chi connectivity index (χ0v) is 11.2. The Morgan fingerprint density at radius 2 is 1.95 bits per heavy atom. The van der Waals surface area contributed by atoms with Crippen LogP contribution in [0.1, 0.15) is 24.4 Å². The zero-order chi connectivity index (χ0) is 13.4. The van der Waals surface area contributed by atoms with Crippen LogP contribution < -0.4 is 4.90 Å². The van der Waals surface area contributed by atoms with Crippen molar-refractivity contribution in [1.29, 1.82) is 0 Å². The zero-order valence-electron chi connectivity index (χ0n) is 11.2. The third kappa shape index (κ3) is 1.84. The fraction of sp³-hybridized carbons (Fsp3) is 0.250. The molecule has 1 aliphatic heterocycles. The highest BCUT2D eigenvalue weighted by Gasteiger charge is 2.26. The van der Waals surface area contributed by atoms with Gasteiger partial charge in [0.15, 0.2) is 5.65 Å². The molecule has 1 aliphatic rings. The lowest BCUT2D eigenvalue weighted by molar-refractivity contribution is 0.710. The van der Waals surface area contributed by atoms with Crippen molar-refractivity contribution in [2.24, 2.45) is 0 Å². The van der Waals surface area contributed by atoms with E-state index in [-0.39, 0.29) is 0 Å². The third-order valence-electron chi connectivity index (χ3n) is 3.97. The van der Waals surface area contributed by atoms with Crippen LogP contribution in [0.2, 0.25) is 0 Å². The van der Waals surface area contributed by atoms with Crippen LogP contribution in [0.5, 0.6) is 0 Å². The maximum Gasteiger partial charge on any atom is 0.157 e. The number of benzene rings is 1. The number of anilines is 1. The van der Waals surface area contributed by atoms with E-state index in [9.17, 15) is 0 Å². The first-order valence-corrected chi connectivity index (χ1v) is 7.04. The first-order chi connectivity index (χ1) is 9.92. The fourth-order valence-electron chi connectivity index (χ4n) is 3.03. The molecule has 1 unspecified atom stereocenters. The minimum atomic E-state index is 0.439. The number of nitrogens with zero attached hydrogens (tertiary/aromatic N) is 4. The first-order valence-electron chi connectivity index (χ1n) is 7.04. The van der Waals surface area contributed by atoms with Crippen LogP contribution in [-0.4, -0.2) is 21.1 Å². The largest absolute Gasteiger partial charge is 0.349 e. The smallest absolute Gasteiger partial charge is 0.157 e. The lowest BCUT2D eigenvalue weighted by Gasteiger charge is -2.26. The van der Waals surface area contributed by atoms with Crippen LogP contribution in [0, 0.1) is 0 Å². The maximum absolute atomic E-state index is 4.72. The molecule has 1 saturated heterocycles. The summed E-state index contributed by atoms with van der Waals surface area (Å²) < 4.78 is 1.80. The SMILES string of the molecule is c1ccc(C2CCCN2c2ccn3nccc3n2)cc1. The van der Waals surface area contributed by atoms with E-state index in [0.717, 1.165) is 18.0 Å². The third-order valence-corrected chi connectivity index (χ3v) is 3.97. The molecular weight excluding hydrogens is 248 g/mol. The fourth-order valence-corrected chi connectivity index (χ4v) is 3.03. The second kappa shape index (κ2) is 4.63. The molecule has 0 radical (unpaired) electrons. The molecule has 0 bridgehead atoms. The quantitative estimate of drug-likeness (QED) is 0.713. The van der Waals surface area contributed by atoms with E-state index in [1.165, 1.54) is 18.4 Å². The highest BCUT2D eigenvalue weighted by molar-refractivity contribution is 5.50. The van der Waals surface area contributed by atoms with E-state index in [1.54, 1.807) is 10.7 Å². The van der Waals surface area contributed by atoms with Crippen LogP contribution in [0.4, 0.5) is 5.82 Å². The number of hydrogen-bond acceptors (Lipinski definition) is 3. The number of aromatic nitrogens is 3. The Morgan fingerprint density at radius 3 is 2.85 bits per heavy atom. The van der Waals surface area contributed by atoms with Crippen LogP contribution in [0.15, 0.2) is 54.9 Å². The summed E-state index contributed by atoms with van der Waals surface area (Å²) in [5, 5.41) is 4.20. The highest BCUT2D eigenvalue weighted by atomic mass is 15.3. The normalized spacial score (nSPS) is 18.8. The minimum absolute atomic E-state index is 0.439. The van der Waals surface area contributed by atoms with Gasteiger partial charge in [-0.1, -0.05) is 30.3 Å². The summed E-state index contributed by atoms with van der Waals surface area (Å²) in [5.41, 5.74) is 2.28. The molecule has 4 nitrogen and oxygen atoms in total. The molecule has 4 heteroatoms. The molecule has 3 aromatic rings. The lowest BCUT2D eigenvalue weighted by Crippen LogP contribution is -2.23. The van der Waals surface area contributed by atoms with Crippen molar-refractivity contribution in [3.05, 3.63) is 60.4 Å². The van der Waals surface area contributed by atoms with Crippen molar-refractivity contribution in [2.75, 3.05) is 11.4 Å². The molecule has 100 valence electrons. The van der Waals surface area contributed by atoms with E-state index in [1.807, 2.05) is 12.3 Å². The van der Waals surface area contributed by atoms with Gasteiger partial charge in [0.25, 0.3) is 0 Å². The van der Waals surface area contributed by atoms with Gasteiger partial charge in [-0.15, -0.1) is 0 Å². The Hall–Kier alpha value is -2.36. The van der Waals surface area contributed by atoms with Crippen molar-refractivity contribution in [1.82, 2.24) is 14.6 Å². The van der Waals surface area contributed by atoms with Crippen molar-refractivity contribution < 1.29 is 0 Å². The topological polar surface area (TPSA) is 33.4 Å². The summed E-state index contributed by atoms with van der Waals surface area (Å²) in [4.78, 5) is 7.12. The molecule has 0 saturated carbocycles. The molecule has 0 amide bonds. The van der Waals surface area contributed by atoms with Gasteiger partial charge < -0.3 is 4.90 Å². The summed E-state index contributed by atoms with van der Waals surface area (Å²) in [5.74, 6) is 1.05. The lowest BCUT2D eigenvalue weighted by atomic mass is 10.0. The summed E-state index contributed by atoms with van der Waals surface area (Å²) in [6, 6.07) is 15.1. The van der Waals surface area contributed by atoms with Crippen LogP contribution >= 0.6 is 0 Å². The molecule has 0 N–H and O–H groups in total. The maximum atomic E-state index is 4.72. The van der Waals surface area contributed by atoms with Crippen LogP contribution in [0.3, 0.4) is 0 Å². The van der Waals surface area contributed by atoms with E-state index >= 15 is 0 Å². The van der Waals surface area contributed by atoms with Gasteiger partial charge in [0.05, 0.1) is 12.2 Å². The van der Waals surface area contributed by atoms with E-state index in [2.05, 4.69) is 46.4 Å². The van der Waals surface area contributed by atoms with Crippen molar-refractivity contribution >= 4 is 11.5 Å². The van der Waals surface area contributed by atoms with Gasteiger partial charge in [-0.3, -0.25) is 0 Å². The Labute approximate surface area is 117 Å². The number of fused-ring (bicyclic) bond motifs is 1. The van der Waals surface area contributed by atoms with Crippen molar-refractivity contribution in [3.63, 3.8) is 0 Å². The Kier molecular flexibility index (Phi) is 2.66. The minimum Gasteiger partial charge on any atom is -0.349 e. The van der Waals surface area contributed by atoms with Gasteiger partial charge in [0.2, 0.25) is 0 Å². The summed E-state index contributed by atoms with van der Waals surface area (Å²) in [6.07, 6.45) is 6.17. The molecule has 1 fully saturated rings. The van der Waals surface area contributed by atoms with Gasteiger partial charge in [-0.25, -0.2) is 9.50 Å². The molecule has 1 atom stereocenters. The average molecular weight is 264 g/mol. The van der Waals surface area contributed by atoms with Gasteiger partial charge in [-0.2, -0.15) is 5.10 Å². The molecule has 2 aromatic heterocycles. The predicted octanol–water partition coefficient (Wildman–Crippen LogP) is 3.07. The summed E-state index contributed by atoms with van der Waals surface area (Å²) in [7, 11) is 0. The van der Waals surface area contributed by atoms with Crippen LogP contribution in [-0.2, 0) is 0 Å². The Bertz CT molecular complexity index is 719. The summed E-state index contributed by atoms with van der Waals surface area (Å²) >= 11 is 0. The number of rotatable bonds is 2. The van der Waals surface area contributed by atoms with E-state index < -0.39 is 0 Å². The molecular formula is C16H16N4. The second-order valence-electron chi connectivity index (χ2n) is 5.18. The second-order valence-corrected chi connectivity index (χ2v) is 5.18. The van der Waals surface area contributed by atoms with Crippen LogP contribution in [0.25, 0.3) is 5.65 Å². The molecule has 20 heavy (non-hydrogen) atoms. The van der Waals surface area contributed by atoms with Crippen molar-refractivity contribution in [3.8, 4) is 0 Å². The molecule has 0 aliphatic carbocycles. The number of hydrogen-bond donors (Lipinski definition) is 0. The first kappa shape index (κ1) is 11.5.